The van der Waals surface area contributed by atoms with Gasteiger partial charge in [-0.2, -0.15) is 0 Å². The first-order valence-electron chi connectivity index (χ1n) is 5.90. The second-order valence-electron chi connectivity index (χ2n) is 5.27. The smallest absolute Gasteiger partial charge is 0.0616 e. The normalized spacial score (nSPS) is 39.0. The van der Waals surface area contributed by atoms with E-state index in [1.807, 2.05) is 0 Å². The molecule has 2 nitrogen and oxygen atoms in total. The Hall–Kier alpha value is -0.0800. The third-order valence-corrected chi connectivity index (χ3v) is 3.87. The summed E-state index contributed by atoms with van der Waals surface area (Å²) >= 11 is 0. The van der Waals surface area contributed by atoms with Gasteiger partial charge in [0.1, 0.15) is 0 Å². The molecule has 0 saturated heterocycles. The van der Waals surface area contributed by atoms with Crippen LogP contribution < -0.4 is 5.32 Å². The lowest BCUT2D eigenvalue weighted by Crippen LogP contribution is -2.59. The summed E-state index contributed by atoms with van der Waals surface area (Å²) in [4.78, 5) is 0. The monoisotopic (exact) mass is 199 g/mol. The molecule has 14 heavy (non-hydrogen) atoms. The van der Waals surface area contributed by atoms with Crippen molar-refractivity contribution in [1.82, 2.24) is 5.32 Å². The van der Waals surface area contributed by atoms with Crippen molar-refractivity contribution in [2.75, 3.05) is 6.61 Å². The molecule has 3 atom stereocenters. The van der Waals surface area contributed by atoms with E-state index in [9.17, 15) is 5.11 Å². The van der Waals surface area contributed by atoms with Gasteiger partial charge in [0.25, 0.3) is 0 Å². The quantitative estimate of drug-likeness (QED) is 0.730. The molecule has 0 aromatic rings. The highest BCUT2D eigenvalue weighted by Gasteiger charge is 2.40. The van der Waals surface area contributed by atoms with Gasteiger partial charge in [-0.25, -0.2) is 0 Å². The highest BCUT2D eigenvalue weighted by atomic mass is 16.3. The molecule has 0 aromatic heterocycles. The molecule has 3 unspecified atom stereocenters. The fourth-order valence-corrected chi connectivity index (χ4v) is 2.81. The third kappa shape index (κ3) is 2.29. The van der Waals surface area contributed by atoms with Gasteiger partial charge in [-0.1, -0.05) is 40.5 Å². The van der Waals surface area contributed by atoms with E-state index in [-0.39, 0.29) is 12.1 Å². The van der Waals surface area contributed by atoms with E-state index in [0.29, 0.717) is 12.0 Å². The predicted molar refractivity (Wildman–Crippen MR) is 60.3 cm³/mol. The third-order valence-electron chi connectivity index (χ3n) is 3.87. The fraction of sp³-hybridized carbons (Fsp3) is 1.00. The van der Waals surface area contributed by atoms with Crippen LogP contribution >= 0.6 is 0 Å². The van der Waals surface area contributed by atoms with Gasteiger partial charge in [-0.15, -0.1) is 0 Å². The number of rotatable bonds is 3. The summed E-state index contributed by atoms with van der Waals surface area (Å²) in [6.07, 6.45) is 3.67. The van der Waals surface area contributed by atoms with Crippen LogP contribution in [0.2, 0.25) is 0 Å². The SMILES string of the molecule is CC(C)NC1(CO)CCCC(C)C1C. The van der Waals surface area contributed by atoms with Gasteiger partial charge in [0, 0.05) is 11.6 Å². The van der Waals surface area contributed by atoms with Crippen LogP contribution in [0.4, 0.5) is 0 Å². The van der Waals surface area contributed by atoms with Crippen LogP contribution in [0, 0.1) is 11.8 Å². The Morgan fingerprint density at radius 2 is 2.07 bits per heavy atom. The van der Waals surface area contributed by atoms with Crippen molar-refractivity contribution in [2.24, 2.45) is 11.8 Å². The van der Waals surface area contributed by atoms with Crippen LogP contribution in [0.1, 0.15) is 47.0 Å². The summed E-state index contributed by atoms with van der Waals surface area (Å²) in [6.45, 7) is 9.16. The fourth-order valence-electron chi connectivity index (χ4n) is 2.81. The molecule has 1 aliphatic rings. The Balaban J connectivity index is 2.74. The topological polar surface area (TPSA) is 32.3 Å². The summed E-state index contributed by atoms with van der Waals surface area (Å²) in [5, 5.41) is 13.2. The molecule has 0 bridgehead atoms. The summed E-state index contributed by atoms with van der Waals surface area (Å²) in [5.41, 5.74) is -0.0220. The molecule has 0 aliphatic heterocycles. The zero-order valence-corrected chi connectivity index (χ0v) is 10.0. The van der Waals surface area contributed by atoms with Gasteiger partial charge < -0.3 is 10.4 Å². The van der Waals surface area contributed by atoms with Crippen LogP contribution in [0.15, 0.2) is 0 Å². The molecule has 0 radical (unpaired) electrons. The second-order valence-corrected chi connectivity index (χ2v) is 5.27. The lowest BCUT2D eigenvalue weighted by Gasteiger charge is -2.46. The van der Waals surface area contributed by atoms with Crippen molar-refractivity contribution < 1.29 is 5.11 Å². The number of aliphatic hydroxyl groups excluding tert-OH is 1. The zero-order valence-electron chi connectivity index (χ0n) is 10.0. The van der Waals surface area contributed by atoms with Crippen LogP contribution in [-0.4, -0.2) is 23.3 Å². The van der Waals surface area contributed by atoms with E-state index in [2.05, 4.69) is 33.0 Å². The molecule has 1 saturated carbocycles. The van der Waals surface area contributed by atoms with E-state index < -0.39 is 0 Å². The minimum absolute atomic E-state index is 0.0220. The predicted octanol–water partition coefficient (Wildman–Crippen LogP) is 2.17. The standard InChI is InChI=1S/C12H25NO/c1-9(2)13-12(8-14)7-5-6-10(3)11(12)4/h9-11,13-14H,5-8H2,1-4H3. The van der Waals surface area contributed by atoms with E-state index >= 15 is 0 Å². The summed E-state index contributed by atoms with van der Waals surface area (Å²) in [6, 6.07) is 0.454. The summed E-state index contributed by atoms with van der Waals surface area (Å²) in [7, 11) is 0. The second kappa shape index (κ2) is 4.63. The van der Waals surface area contributed by atoms with Crippen LogP contribution in [0.25, 0.3) is 0 Å². The molecule has 84 valence electrons. The van der Waals surface area contributed by atoms with Crippen LogP contribution in [-0.2, 0) is 0 Å². The molecule has 0 amide bonds. The average molecular weight is 199 g/mol. The van der Waals surface area contributed by atoms with E-state index in [1.54, 1.807) is 0 Å². The highest BCUT2D eigenvalue weighted by molar-refractivity contribution is 4.98. The number of nitrogens with one attached hydrogen (secondary N) is 1. The van der Waals surface area contributed by atoms with E-state index in [1.165, 1.54) is 12.8 Å². The van der Waals surface area contributed by atoms with Crippen molar-refractivity contribution in [2.45, 2.75) is 58.5 Å². The average Bonchev–Trinajstić information content (AvgIpc) is 2.12. The zero-order chi connectivity index (χ0) is 10.8. The van der Waals surface area contributed by atoms with Gasteiger partial charge >= 0.3 is 0 Å². The highest BCUT2D eigenvalue weighted by Crippen LogP contribution is 2.37. The molecule has 1 aliphatic carbocycles. The van der Waals surface area contributed by atoms with Crippen molar-refractivity contribution in [3.8, 4) is 0 Å². The Bertz CT molecular complexity index is 181. The number of hydrogen-bond donors (Lipinski definition) is 2. The van der Waals surface area contributed by atoms with Crippen molar-refractivity contribution in [3.63, 3.8) is 0 Å². The lowest BCUT2D eigenvalue weighted by molar-refractivity contribution is 0.0389. The van der Waals surface area contributed by atoms with Gasteiger partial charge in [-0.3, -0.25) is 0 Å². The first kappa shape index (κ1) is 12.0. The molecule has 2 heteroatoms. The number of hydrogen-bond acceptors (Lipinski definition) is 2. The lowest BCUT2D eigenvalue weighted by atomic mass is 9.68. The van der Waals surface area contributed by atoms with Crippen molar-refractivity contribution in [1.29, 1.82) is 0 Å². The Morgan fingerprint density at radius 1 is 1.43 bits per heavy atom. The minimum atomic E-state index is -0.0220. The maximum atomic E-state index is 9.62. The molecule has 0 heterocycles. The molecule has 1 fully saturated rings. The van der Waals surface area contributed by atoms with Crippen molar-refractivity contribution >= 4 is 0 Å². The Kier molecular flexibility index (Phi) is 3.96. The molecule has 0 spiro atoms. The molecular weight excluding hydrogens is 174 g/mol. The van der Waals surface area contributed by atoms with E-state index in [4.69, 9.17) is 0 Å². The van der Waals surface area contributed by atoms with Gasteiger partial charge in [0.2, 0.25) is 0 Å². The summed E-state index contributed by atoms with van der Waals surface area (Å²) < 4.78 is 0. The Morgan fingerprint density at radius 3 is 2.57 bits per heavy atom. The maximum Gasteiger partial charge on any atom is 0.0616 e. The maximum absolute atomic E-state index is 9.62. The van der Waals surface area contributed by atoms with Gasteiger partial charge in [-0.05, 0) is 18.3 Å². The molecule has 2 N–H and O–H groups in total. The summed E-state index contributed by atoms with van der Waals surface area (Å²) in [5.74, 6) is 1.30. The van der Waals surface area contributed by atoms with Crippen LogP contribution in [0.3, 0.4) is 0 Å². The van der Waals surface area contributed by atoms with Crippen molar-refractivity contribution in [3.05, 3.63) is 0 Å². The Labute approximate surface area is 88.1 Å². The first-order valence-corrected chi connectivity index (χ1v) is 5.90. The molecule has 1 rings (SSSR count). The molecular formula is C12H25NO. The van der Waals surface area contributed by atoms with Gasteiger partial charge in [0.05, 0.1) is 6.61 Å². The van der Waals surface area contributed by atoms with E-state index in [0.717, 1.165) is 12.3 Å². The molecule has 0 aromatic carbocycles. The van der Waals surface area contributed by atoms with Gasteiger partial charge in [0.15, 0.2) is 0 Å². The minimum Gasteiger partial charge on any atom is -0.394 e. The van der Waals surface area contributed by atoms with Crippen LogP contribution in [0.5, 0.6) is 0 Å². The number of aliphatic hydroxyl groups is 1. The largest absolute Gasteiger partial charge is 0.394 e. The first-order chi connectivity index (χ1) is 6.52.